The normalized spacial score (nSPS) is 13.7. The van der Waals surface area contributed by atoms with Crippen LogP contribution >= 0.6 is 21.6 Å². The van der Waals surface area contributed by atoms with Gasteiger partial charge >= 0.3 is 11.9 Å². The summed E-state index contributed by atoms with van der Waals surface area (Å²) in [7, 11) is 2.41. The molecule has 0 bridgehead atoms. The van der Waals surface area contributed by atoms with E-state index in [1.54, 1.807) is 0 Å². The average Bonchev–Trinajstić information content (AvgIpc) is 2.11. The van der Waals surface area contributed by atoms with Gasteiger partial charge in [-0.3, -0.25) is 9.59 Å². The van der Waals surface area contributed by atoms with Crippen LogP contribution in [0.2, 0.25) is 0 Å². The van der Waals surface area contributed by atoms with Crippen molar-refractivity contribution in [2.75, 3.05) is 11.5 Å². The number of carboxylic acid groups (broad SMARTS) is 2. The van der Waals surface area contributed by atoms with Gasteiger partial charge in [-0.15, -0.1) is 0 Å². The van der Waals surface area contributed by atoms with Crippen molar-refractivity contribution in [3.8, 4) is 0 Å². The van der Waals surface area contributed by atoms with E-state index in [1.807, 2.05) is 0 Å². The second-order valence-corrected chi connectivity index (χ2v) is 5.01. The van der Waals surface area contributed by atoms with Gasteiger partial charge in [-0.1, -0.05) is 21.6 Å². The van der Waals surface area contributed by atoms with Crippen molar-refractivity contribution in [1.29, 1.82) is 0 Å². The summed E-state index contributed by atoms with van der Waals surface area (Å²) in [5, 5.41) is 16.8. The maximum absolute atomic E-state index is 10.3. The molecule has 0 aromatic rings. The van der Waals surface area contributed by atoms with Crippen LogP contribution in [0.1, 0.15) is 0 Å². The summed E-state index contributed by atoms with van der Waals surface area (Å²) < 4.78 is 0. The zero-order valence-electron chi connectivity index (χ0n) is 7.75. The van der Waals surface area contributed by atoms with Gasteiger partial charge in [0.25, 0.3) is 0 Å². The summed E-state index contributed by atoms with van der Waals surface area (Å²) in [6, 6.07) is -1.85. The molecule has 0 rings (SSSR count). The highest BCUT2D eigenvalue weighted by Crippen LogP contribution is 2.22. The Morgan fingerprint density at radius 2 is 1.27 bits per heavy atom. The molecule has 9 heteroatoms. The maximum atomic E-state index is 10.3. The van der Waals surface area contributed by atoms with Crippen molar-refractivity contribution < 1.29 is 25.3 Å². The van der Waals surface area contributed by atoms with Crippen molar-refractivity contribution in [2.24, 2.45) is 11.5 Å². The second kappa shape index (κ2) is 8.80. The number of hydrogen-bond acceptors (Lipinski definition) is 6. The molecule has 2 atom stereocenters. The predicted molar refractivity (Wildman–Crippen MR) is 59.8 cm³/mol. The molecule has 0 aliphatic heterocycles. The van der Waals surface area contributed by atoms with Gasteiger partial charge in [-0.25, -0.2) is 0 Å². The zero-order valence-corrected chi connectivity index (χ0v) is 9.38. The molecule has 0 aromatic carbocycles. The minimum absolute atomic E-state index is 0. The summed E-state index contributed by atoms with van der Waals surface area (Å²) in [6.07, 6.45) is 0. The van der Waals surface area contributed by atoms with Crippen molar-refractivity contribution in [1.82, 2.24) is 0 Å². The molecule has 8 N–H and O–H groups in total. The predicted octanol–water partition coefficient (Wildman–Crippen LogP) is -1.63. The van der Waals surface area contributed by atoms with Crippen LogP contribution in [0.25, 0.3) is 0 Å². The zero-order chi connectivity index (χ0) is 11.1. The summed E-state index contributed by atoms with van der Waals surface area (Å²) in [6.45, 7) is 0. The van der Waals surface area contributed by atoms with E-state index in [0.717, 1.165) is 0 Å². The molecule has 90 valence electrons. The van der Waals surface area contributed by atoms with Crippen LogP contribution in [0.3, 0.4) is 0 Å². The van der Waals surface area contributed by atoms with Gasteiger partial charge in [0, 0.05) is 11.5 Å². The largest absolute Gasteiger partial charge is 0.480 e. The minimum atomic E-state index is -1.07. The monoisotopic (exact) mass is 258 g/mol. The molecule has 0 saturated carbocycles. The maximum Gasteiger partial charge on any atom is 0.321 e. The summed E-state index contributed by atoms with van der Waals surface area (Å²) >= 11 is 0. The number of rotatable bonds is 7. The van der Waals surface area contributed by atoms with Gasteiger partial charge in [-0.2, -0.15) is 0 Å². The molecule has 0 spiro atoms. The molecule has 0 aliphatic carbocycles. The Bertz CT molecular complexity index is 194. The van der Waals surface area contributed by atoms with Crippen LogP contribution in [0.15, 0.2) is 0 Å². The molecular formula is C6H14N2O5S2. The summed E-state index contributed by atoms with van der Waals surface area (Å²) in [5.41, 5.74) is 10.4. The van der Waals surface area contributed by atoms with Crippen molar-refractivity contribution >= 4 is 33.5 Å². The third-order valence-corrected chi connectivity index (χ3v) is 3.69. The summed E-state index contributed by atoms with van der Waals surface area (Å²) in [4.78, 5) is 20.5. The van der Waals surface area contributed by atoms with Gasteiger partial charge in [0.15, 0.2) is 0 Å². The third-order valence-electron chi connectivity index (χ3n) is 1.21. The van der Waals surface area contributed by atoms with E-state index < -0.39 is 24.0 Å². The van der Waals surface area contributed by atoms with Crippen molar-refractivity contribution in [2.45, 2.75) is 12.1 Å². The lowest BCUT2D eigenvalue weighted by Crippen LogP contribution is -2.33. The standard InChI is InChI=1S/C6H12N2O4S2.H2O/c7-3(5(9)10)1-13-14-2-4(8)6(11)12;/h3-4H,1-2,7-8H2,(H,9,10)(H,11,12);1H2/t3-,4?;/m0./s1. The topological polar surface area (TPSA) is 158 Å². The first kappa shape index (κ1) is 16.9. The first-order valence-electron chi connectivity index (χ1n) is 3.66. The van der Waals surface area contributed by atoms with E-state index in [-0.39, 0.29) is 17.0 Å². The molecule has 0 saturated heterocycles. The Morgan fingerprint density at radius 3 is 1.47 bits per heavy atom. The van der Waals surface area contributed by atoms with Crippen LogP contribution in [-0.2, 0) is 9.59 Å². The number of carbonyl (C=O) groups is 2. The van der Waals surface area contributed by atoms with Crippen LogP contribution in [-0.4, -0.2) is 51.2 Å². The fourth-order valence-corrected chi connectivity index (χ4v) is 2.61. The molecule has 1 unspecified atom stereocenters. The number of nitrogens with two attached hydrogens (primary N) is 2. The highest BCUT2D eigenvalue weighted by molar-refractivity contribution is 8.76. The van der Waals surface area contributed by atoms with Crippen LogP contribution in [0.4, 0.5) is 0 Å². The Kier molecular flexibility index (Phi) is 9.93. The van der Waals surface area contributed by atoms with E-state index >= 15 is 0 Å². The van der Waals surface area contributed by atoms with Crippen LogP contribution in [0, 0.1) is 0 Å². The van der Waals surface area contributed by atoms with Gasteiger partial charge < -0.3 is 27.2 Å². The summed E-state index contributed by atoms with van der Waals surface area (Å²) in [5.74, 6) is -1.68. The molecule has 0 amide bonds. The Labute approximate surface area is 94.3 Å². The van der Waals surface area contributed by atoms with Gasteiger partial charge in [0.05, 0.1) is 0 Å². The lowest BCUT2D eigenvalue weighted by Gasteiger charge is -2.07. The van der Waals surface area contributed by atoms with Gasteiger partial charge in [-0.05, 0) is 0 Å². The highest BCUT2D eigenvalue weighted by Gasteiger charge is 2.14. The Hall–Kier alpha value is -0.480. The van der Waals surface area contributed by atoms with Crippen LogP contribution in [0.5, 0.6) is 0 Å². The number of hydrogen-bond donors (Lipinski definition) is 4. The van der Waals surface area contributed by atoms with E-state index in [0.29, 0.717) is 0 Å². The van der Waals surface area contributed by atoms with Crippen molar-refractivity contribution in [3.63, 3.8) is 0 Å². The molecule has 0 aromatic heterocycles. The molecule has 0 aliphatic rings. The molecule has 7 nitrogen and oxygen atoms in total. The smallest absolute Gasteiger partial charge is 0.321 e. The molecule has 0 radical (unpaired) electrons. The minimum Gasteiger partial charge on any atom is -0.480 e. The number of carboxylic acids is 2. The van der Waals surface area contributed by atoms with E-state index in [2.05, 4.69) is 0 Å². The quantitative estimate of drug-likeness (QED) is 0.313. The molecular weight excluding hydrogens is 244 g/mol. The third kappa shape index (κ3) is 8.51. The van der Waals surface area contributed by atoms with Gasteiger partial charge in [0.1, 0.15) is 12.1 Å². The Morgan fingerprint density at radius 1 is 1.00 bits per heavy atom. The van der Waals surface area contributed by atoms with E-state index in [4.69, 9.17) is 21.7 Å². The first-order valence-corrected chi connectivity index (χ1v) is 6.15. The van der Waals surface area contributed by atoms with Crippen molar-refractivity contribution in [3.05, 3.63) is 0 Å². The fourth-order valence-electron chi connectivity index (χ4n) is 0.385. The molecule has 0 heterocycles. The lowest BCUT2D eigenvalue weighted by atomic mass is 10.4. The van der Waals surface area contributed by atoms with E-state index in [1.165, 1.54) is 21.6 Å². The lowest BCUT2D eigenvalue weighted by molar-refractivity contribution is -0.138. The fraction of sp³-hybridized carbons (Fsp3) is 0.667. The Balaban J connectivity index is 0. The molecule has 0 fully saturated rings. The first-order chi connectivity index (χ1) is 6.45. The van der Waals surface area contributed by atoms with Gasteiger partial charge in [0.2, 0.25) is 0 Å². The highest BCUT2D eigenvalue weighted by atomic mass is 33.1. The molecule has 15 heavy (non-hydrogen) atoms. The number of aliphatic carboxylic acids is 2. The van der Waals surface area contributed by atoms with Crippen LogP contribution < -0.4 is 11.5 Å². The second-order valence-electron chi connectivity index (χ2n) is 2.46. The SMILES string of the molecule is NC(CSSC[C@H](N)C(=O)O)C(=O)O.O. The average molecular weight is 258 g/mol. The van der Waals surface area contributed by atoms with E-state index in [9.17, 15) is 9.59 Å².